The predicted octanol–water partition coefficient (Wildman–Crippen LogP) is 11.3. The molecule has 0 radical (unpaired) electrons. The fourth-order valence-electron chi connectivity index (χ4n) is 3.30. The summed E-state index contributed by atoms with van der Waals surface area (Å²) in [5.74, 6) is 2.56. The minimum Gasteiger partial charge on any atom is -0.290 e. The zero-order chi connectivity index (χ0) is 23.8. The van der Waals surface area contributed by atoms with Crippen LogP contribution in [0.5, 0.6) is 0 Å². The fourth-order valence-corrected chi connectivity index (χ4v) is 15.9. The first-order valence-corrected chi connectivity index (χ1v) is 18.7. The molecule has 184 valence electrons. The van der Waals surface area contributed by atoms with E-state index >= 15 is 0 Å². The Morgan fingerprint density at radius 3 is 1.47 bits per heavy atom. The van der Waals surface area contributed by atoms with Crippen LogP contribution in [0.3, 0.4) is 0 Å². The van der Waals surface area contributed by atoms with Gasteiger partial charge in [-0.3, -0.25) is 4.79 Å². The molecular formula is C25H30OS8. The number of carbonyl (C=O) groups excluding carboxylic acids is 1. The molecule has 0 unspecified atom stereocenters. The van der Waals surface area contributed by atoms with E-state index in [0.29, 0.717) is 0 Å². The number of carbonyl (C=O) groups is 1. The van der Waals surface area contributed by atoms with Crippen molar-refractivity contribution in [3.8, 4) is 0 Å². The number of allylic oxidation sites excluding steroid dienone is 5. The second-order valence-electron chi connectivity index (χ2n) is 7.97. The summed E-state index contributed by atoms with van der Waals surface area (Å²) < 4.78 is 10.1. The summed E-state index contributed by atoms with van der Waals surface area (Å²) in [6, 6.07) is 0. The van der Waals surface area contributed by atoms with Crippen LogP contribution >= 0.6 is 94.1 Å². The first-order chi connectivity index (χ1) is 16.7. The van der Waals surface area contributed by atoms with Crippen LogP contribution in [0.1, 0.15) is 65.2 Å². The zero-order valence-corrected chi connectivity index (χ0v) is 26.1. The molecule has 0 spiro atoms. The molecular weight excluding hydrogens is 573 g/mol. The topological polar surface area (TPSA) is 17.1 Å². The van der Waals surface area contributed by atoms with Crippen molar-refractivity contribution < 1.29 is 4.79 Å². The Hall–Kier alpha value is 0.910. The van der Waals surface area contributed by atoms with E-state index in [2.05, 4.69) is 37.4 Å². The monoisotopic (exact) mass is 602 g/mol. The van der Waals surface area contributed by atoms with Gasteiger partial charge in [0.25, 0.3) is 0 Å². The van der Waals surface area contributed by atoms with Crippen LogP contribution in [0, 0.1) is 0 Å². The quantitative estimate of drug-likeness (QED) is 0.201. The highest BCUT2D eigenvalue weighted by molar-refractivity contribution is 8.49. The molecule has 0 amide bonds. The third-order valence-corrected chi connectivity index (χ3v) is 17.1. The van der Waals surface area contributed by atoms with Crippen molar-refractivity contribution in [2.75, 3.05) is 11.5 Å². The highest BCUT2D eigenvalue weighted by Crippen LogP contribution is 2.71. The van der Waals surface area contributed by atoms with E-state index in [1.54, 1.807) is 20.6 Å². The largest absolute Gasteiger partial charge is 0.290 e. The summed E-state index contributed by atoms with van der Waals surface area (Å²) in [6.45, 7) is 4.57. The number of unbranched alkanes of at least 4 members (excludes halogenated alkanes) is 6. The highest BCUT2D eigenvalue weighted by atomic mass is 32.3. The van der Waals surface area contributed by atoms with Crippen LogP contribution in [0.2, 0.25) is 0 Å². The van der Waals surface area contributed by atoms with Crippen molar-refractivity contribution in [1.82, 2.24) is 0 Å². The van der Waals surface area contributed by atoms with E-state index in [0.717, 1.165) is 5.57 Å². The normalized spacial score (nSPS) is 20.1. The fraction of sp³-hybridized carbons (Fsp3) is 0.480. The minimum absolute atomic E-state index is 0.0782. The van der Waals surface area contributed by atoms with E-state index in [1.807, 2.05) is 82.7 Å². The second-order valence-corrected chi connectivity index (χ2v) is 18.1. The molecule has 9 heteroatoms. The molecule has 0 aromatic rings. The van der Waals surface area contributed by atoms with Crippen LogP contribution in [0.4, 0.5) is 0 Å². The molecule has 0 saturated carbocycles. The van der Waals surface area contributed by atoms with Gasteiger partial charge in [0.15, 0.2) is 5.78 Å². The zero-order valence-electron chi connectivity index (χ0n) is 19.6. The maximum absolute atomic E-state index is 11.4. The van der Waals surface area contributed by atoms with Gasteiger partial charge in [-0.05, 0) is 54.2 Å². The minimum atomic E-state index is 0.0782. The summed E-state index contributed by atoms with van der Waals surface area (Å²) in [5, 5.41) is 0. The molecule has 1 nitrogen and oxygen atoms in total. The molecule has 34 heavy (non-hydrogen) atoms. The molecule has 0 atom stereocenters. The van der Waals surface area contributed by atoms with Gasteiger partial charge < -0.3 is 0 Å². The molecule has 1 aliphatic carbocycles. The standard InChI is InChI=1S/C25H30OS8/c1-3-5-7-9-15-27-20-21(28-16-10-8-6-4-2)32-24(31-20)25-33-22-23(34-25)30-19(29-22)17-11-13-18(26)14-12-17/h11-14H,3-10,15-16H2,1-2H3. The Balaban J connectivity index is 1.34. The van der Waals surface area contributed by atoms with Crippen molar-refractivity contribution in [2.45, 2.75) is 65.2 Å². The van der Waals surface area contributed by atoms with Crippen molar-refractivity contribution in [3.63, 3.8) is 0 Å². The molecule has 3 heterocycles. The Bertz CT molecular complexity index is 901. The molecule has 0 saturated heterocycles. The van der Waals surface area contributed by atoms with Crippen LogP contribution in [-0.2, 0) is 4.79 Å². The maximum atomic E-state index is 11.4. The summed E-state index contributed by atoms with van der Waals surface area (Å²) in [7, 11) is 0. The molecule has 0 aromatic carbocycles. The van der Waals surface area contributed by atoms with E-state index in [1.165, 1.54) is 84.1 Å². The average Bonchev–Trinajstić information content (AvgIpc) is 3.53. The summed E-state index contributed by atoms with van der Waals surface area (Å²) in [4.78, 5) is 11.4. The van der Waals surface area contributed by atoms with Gasteiger partial charge in [-0.2, -0.15) is 0 Å². The van der Waals surface area contributed by atoms with E-state index in [9.17, 15) is 4.79 Å². The van der Waals surface area contributed by atoms with Crippen molar-refractivity contribution in [2.24, 2.45) is 0 Å². The van der Waals surface area contributed by atoms with Crippen molar-refractivity contribution in [3.05, 3.63) is 59.5 Å². The molecule has 0 N–H and O–H groups in total. The van der Waals surface area contributed by atoms with Crippen molar-refractivity contribution in [1.29, 1.82) is 0 Å². The number of thioether (sulfide) groups is 8. The van der Waals surface area contributed by atoms with Gasteiger partial charge in [0.2, 0.25) is 0 Å². The van der Waals surface area contributed by atoms with Gasteiger partial charge in [0.05, 0.1) is 29.7 Å². The predicted molar refractivity (Wildman–Crippen MR) is 170 cm³/mol. The van der Waals surface area contributed by atoms with E-state index < -0.39 is 0 Å². The maximum Gasteiger partial charge on any atom is 0.178 e. The lowest BCUT2D eigenvalue weighted by Crippen LogP contribution is -1.92. The number of hydrogen-bond acceptors (Lipinski definition) is 9. The smallest absolute Gasteiger partial charge is 0.178 e. The number of ketones is 1. The molecule has 0 bridgehead atoms. The molecule has 4 aliphatic rings. The summed E-state index contributed by atoms with van der Waals surface area (Å²) in [5.41, 5.74) is 1.16. The van der Waals surface area contributed by atoms with Crippen LogP contribution in [0.25, 0.3) is 0 Å². The van der Waals surface area contributed by atoms with E-state index in [-0.39, 0.29) is 5.78 Å². The lowest BCUT2D eigenvalue weighted by Gasteiger charge is -2.08. The van der Waals surface area contributed by atoms with E-state index in [4.69, 9.17) is 0 Å². The van der Waals surface area contributed by atoms with Gasteiger partial charge in [0, 0.05) is 0 Å². The van der Waals surface area contributed by atoms with Crippen molar-refractivity contribution >= 4 is 99.9 Å². The van der Waals surface area contributed by atoms with Crippen LogP contribution in [0.15, 0.2) is 59.5 Å². The first-order valence-electron chi connectivity index (χ1n) is 11.9. The Morgan fingerprint density at radius 1 is 0.559 bits per heavy atom. The SMILES string of the molecule is CCCCCCSC1=C(SCCCCCC)SC(=C2SC3=C(SC(=C4C=CC(=O)C=C4)S3)S2)S1. The molecule has 3 aliphatic heterocycles. The number of rotatable bonds is 12. The van der Waals surface area contributed by atoms with Gasteiger partial charge in [-0.25, -0.2) is 0 Å². The molecule has 0 fully saturated rings. The van der Waals surface area contributed by atoms with Gasteiger partial charge >= 0.3 is 0 Å². The van der Waals surface area contributed by atoms with Gasteiger partial charge in [-0.15, -0.1) is 23.5 Å². The van der Waals surface area contributed by atoms with Crippen LogP contribution in [-0.4, -0.2) is 17.3 Å². The Labute approximate surface area is 238 Å². The summed E-state index contributed by atoms with van der Waals surface area (Å²) in [6.07, 6.45) is 17.9. The lowest BCUT2D eigenvalue weighted by atomic mass is 10.1. The Kier molecular flexibility index (Phi) is 12.1. The second kappa shape index (κ2) is 14.7. The lowest BCUT2D eigenvalue weighted by molar-refractivity contribution is -0.110. The van der Waals surface area contributed by atoms with Gasteiger partial charge in [0.1, 0.15) is 0 Å². The first kappa shape index (κ1) is 27.9. The summed E-state index contributed by atoms with van der Waals surface area (Å²) >= 11 is 15.9. The third-order valence-electron chi connectivity index (χ3n) is 5.16. The highest BCUT2D eigenvalue weighted by Gasteiger charge is 2.35. The number of hydrogen-bond donors (Lipinski definition) is 0. The Morgan fingerprint density at radius 2 is 1.00 bits per heavy atom. The third kappa shape index (κ3) is 7.95. The van der Waals surface area contributed by atoms with Crippen LogP contribution < -0.4 is 0 Å². The molecule has 0 aromatic heterocycles. The molecule has 4 rings (SSSR count). The van der Waals surface area contributed by atoms with Gasteiger partial charge in [-0.1, -0.05) is 123 Å². The average molecular weight is 603 g/mol.